The van der Waals surface area contributed by atoms with Gasteiger partial charge in [-0.1, -0.05) is 0 Å². The molecule has 1 fully saturated rings. The van der Waals surface area contributed by atoms with E-state index in [1.54, 1.807) is 23.9 Å². The number of anilines is 1. The van der Waals surface area contributed by atoms with Crippen molar-refractivity contribution < 1.29 is 14.7 Å². The summed E-state index contributed by atoms with van der Waals surface area (Å²) in [6, 6.07) is 4.77. The molecule has 0 aliphatic carbocycles. The lowest BCUT2D eigenvalue weighted by molar-refractivity contribution is -0.113. The lowest BCUT2D eigenvalue weighted by Gasteiger charge is -2.21. The zero-order chi connectivity index (χ0) is 15.2. The van der Waals surface area contributed by atoms with Crippen LogP contribution in [0.5, 0.6) is 0 Å². The number of hydrogen-bond acceptors (Lipinski definition) is 4. The minimum atomic E-state index is -1.03. The molecule has 1 aliphatic rings. The summed E-state index contributed by atoms with van der Waals surface area (Å²) < 4.78 is 0.497. The lowest BCUT2D eigenvalue weighted by Crippen LogP contribution is -2.30. The molecule has 2 rings (SSSR count). The fourth-order valence-corrected chi connectivity index (χ4v) is 3.56. The van der Waals surface area contributed by atoms with Gasteiger partial charge < -0.3 is 15.7 Å². The number of aromatic carboxylic acids is 1. The number of hydrogen-bond donors (Lipinski definition) is 3. The topological polar surface area (TPSA) is 78.4 Å². The normalized spacial score (nSPS) is 15.7. The monoisotopic (exact) mass is 372 g/mol. The van der Waals surface area contributed by atoms with Gasteiger partial charge in [-0.05, 0) is 60.1 Å². The number of rotatable bonds is 5. The Balaban J connectivity index is 1.87. The molecule has 5 nitrogen and oxygen atoms in total. The average Bonchev–Trinajstić information content (AvgIpc) is 2.48. The van der Waals surface area contributed by atoms with Crippen molar-refractivity contribution in [2.24, 2.45) is 0 Å². The molecule has 1 heterocycles. The molecule has 0 atom stereocenters. The Labute approximate surface area is 136 Å². The standard InChI is InChI=1S/C14H17BrN2O3S/c15-12-2-1-9(7-11(12)14(19)20)17-13(18)8-21-10-3-5-16-6-4-10/h1-2,7,10,16H,3-6,8H2,(H,17,18)(H,19,20). The van der Waals surface area contributed by atoms with Crippen LogP contribution in [-0.2, 0) is 4.79 Å². The summed E-state index contributed by atoms with van der Waals surface area (Å²) in [6.45, 7) is 2.02. The maximum atomic E-state index is 11.9. The number of thioether (sulfide) groups is 1. The molecule has 21 heavy (non-hydrogen) atoms. The van der Waals surface area contributed by atoms with Crippen molar-refractivity contribution in [3.8, 4) is 0 Å². The van der Waals surface area contributed by atoms with Gasteiger partial charge in [-0.2, -0.15) is 0 Å². The molecule has 0 aromatic heterocycles. The Morgan fingerprint density at radius 1 is 1.38 bits per heavy atom. The summed E-state index contributed by atoms with van der Waals surface area (Å²) in [5, 5.41) is 15.6. The van der Waals surface area contributed by atoms with Crippen LogP contribution in [0, 0.1) is 0 Å². The van der Waals surface area contributed by atoms with E-state index in [0.29, 0.717) is 21.2 Å². The van der Waals surface area contributed by atoms with Gasteiger partial charge in [0.15, 0.2) is 0 Å². The second-order valence-electron chi connectivity index (χ2n) is 4.81. The third-order valence-electron chi connectivity index (χ3n) is 3.22. The highest BCUT2D eigenvalue weighted by molar-refractivity contribution is 9.10. The molecule has 1 aromatic rings. The summed E-state index contributed by atoms with van der Waals surface area (Å²) in [5.41, 5.74) is 0.644. The van der Waals surface area contributed by atoms with E-state index in [1.807, 2.05) is 0 Å². The van der Waals surface area contributed by atoms with Crippen molar-refractivity contribution in [2.45, 2.75) is 18.1 Å². The molecule has 0 unspecified atom stereocenters. The van der Waals surface area contributed by atoms with Gasteiger partial charge >= 0.3 is 5.97 Å². The summed E-state index contributed by atoms with van der Waals surface area (Å²) in [7, 11) is 0. The number of nitrogens with one attached hydrogen (secondary N) is 2. The molecule has 0 bridgehead atoms. The van der Waals surface area contributed by atoms with Crippen LogP contribution in [-0.4, -0.2) is 41.1 Å². The van der Waals surface area contributed by atoms with Crippen molar-refractivity contribution >= 4 is 45.3 Å². The highest BCUT2D eigenvalue weighted by Gasteiger charge is 2.15. The van der Waals surface area contributed by atoms with E-state index in [-0.39, 0.29) is 11.5 Å². The van der Waals surface area contributed by atoms with E-state index in [4.69, 9.17) is 5.11 Å². The van der Waals surface area contributed by atoms with Crippen molar-refractivity contribution in [3.63, 3.8) is 0 Å². The number of carboxylic acids is 1. The van der Waals surface area contributed by atoms with Crippen molar-refractivity contribution in [2.75, 3.05) is 24.2 Å². The number of benzene rings is 1. The van der Waals surface area contributed by atoms with Gasteiger partial charge in [0.25, 0.3) is 0 Å². The number of piperidine rings is 1. The Bertz CT molecular complexity index is 533. The quantitative estimate of drug-likeness (QED) is 0.740. The second-order valence-corrected chi connectivity index (χ2v) is 6.95. The predicted molar refractivity (Wildman–Crippen MR) is 88.1 cm³/mol. The lowest BCUT2D eigenvalue weighted by atomic mass is 10.2. The molecule has 1 saturated heterocycles. The van der Waals surface area contributed by atoms with Gasteiger partial charge in [0.05, 0.1) is 11.3 Å². The van der Waals surface area contributed by atoms with Crippen molar-refractivity contribution in [1.82, 2.24) is 5.32 Å². The van der Waals surface area contributed by atoms with Gasteiger partial charge in [-0.25, -0.2) is 4.79 Å². The van der Waals surface area contributed by atoms with E-state index in [1.165, 1.54) is 6.07 Å². The molecule has 0 spiro atoms. The van der Waals surface area contributed by atoms with Crippen LogP contribution in [0.4, 0.5) is 5.69 Å². The van der Waals surface area contributed by atoms with Crippen LogP contribution in [0.15, 0.2) is 22.7 Å². The molecule has 114 valence electrons. The van der Waals surface area contributed by atoms with Crippen LogP contribution in [0.1, 0.15) is 23.2 Å². The Morgan fingerprint density at radius 3 is 2.76 bits per heavy atom. The Morgan fingerprint density at radius 2 is 2.10 bits per heavy atom. The smallest absolute Gasteiger partial charge is 0.336 e. The minimum absolute atomic E-state index is 0.0998. The Hall–Kier alpha value is -1.05. The van der Waals surface area contributed by atoms with Gasteiger partial charge in [0, 0.05) is 15.4 Å². The zero-order valence-corrected chi connectivity index (χ0v) is 13.8. The van der Waals surface area contributed by atoms with E-state index >= 15 is 0 Å². The summed E-state index contributed by atoms with van der Waals surface area (Å²) in [5.74, 6) is -0.734. The molecule has 3 N–H and O–H groups in total. The van der Waals surface area contributed by atoms with E-state index < -0.39 is 5.97 Å². The largest absolute Gasteiger partial charge is 0.478 e. The van der Waals surface area contributed by atoms with Crippen LogP contribution >= 0.6 is 27.7 Å². The molecular formula is C14H17BrN2O3S. The van der Waals surface area contributed by atoms with E-state index in [2.05, 4.69) is 26.6 Å². The predicted octanol–water partition coefficient (Wildman–Crippen LogP) is 2.57. The number of halogens is 1. The van der Waals surface area contributed by atoms with Gasteiger partial charge in [-0.15, -0.1) is 11.8 Å². The third kappa shape index (κ3) is 5.01. The van der Waals surface area contributed by atoms with Crippen LogP contribution in [0.25, 0.3) is 0 Å². The van der Waals surface area contributed by atoms with E-state index in [0.717, 1.165) is 25.9 Å². The van der Waals surface area contributed by atoms with Crippen molar-refractivity contribution in [3.05, 3.63) is 28.2 Å². The summed E-state index contributed by atoms with van der Waals surface area (Å²) in [4.78, 5) is 23.0. The maximum Gasteiger partial charge on any atom is 0.336 e. The molecule has 1 aliphatic heterocycles. The highest BCUT2D eigenvalue weighted by Crippen LogP contribution is 2.23. The molecule has 0 radical (unpaired) electrons. The molecule has 0 saturated carbocycles. The first kappa shape index (κ1) is 16.3. The average molecular weight is 373 g/mol. The minimum Gasteiger partial charge on any atom is -0.478 e. The second kappa shape index (κ2) is 7.82. The van der Waals surface area contributed by atoms with Gasteiger partial charge in [0.2, 0.25) is 5.91 Å². The number of amides is 1. The first-order chi connectivity index (χ1) is 10.1. The SMILES string of the molecule is O=C(CSC1CCNCC1)Nc1ccc(Br)c(C(=O)O)c1. The zero-order valence-electron chi connectivity index (χ0n) is 11.4. The number of carbonyl (C=O) groups excluding carboxylic acids is 1. The fraction of sp³-hybridized carbons (Fsp3) is 0.429. The first-order valence-electron chi connectivity index (χ1n) is 6.71. The number of carbonyl (C=O) groups is 2. The van der Waals surface area contributed by atoms with Crippen LogP contribution in [0.2, 0.25) is 0 Å². The summed E-state index contributed by atoms with van der Waals surface area (Å²) >= 11 is 4.84. The fourth-order valence-electron chi connectivity index (χ4n) is 2.12. The van der Waals surface area contributed by atoms with Gasteiger partial charge in [-0.3, -0.25) is 4.79 Å². The number of carboxylic acid groups (broad SMARTS) is 1. The molecule has 1 aromatic carbocycles. The molecule has 7 heteroatoms. The van der Waals surface area contributed by atoms with Crippen LogP contribution < -0.4 is 10.6 Å². The summed E-state index contributed by atoms with van der Waals surface area (Å²) in [6.07, 6.45) is 2.17. The highest BCUT2D eigenvalue weighted by atomic mass is 79.9. The maximum absolute atomic E-state index is 11.9. The van der Waals surface area contributed by atoms with E-state index in [9.17, 15) is 9.59 Å². The molecular weight excluding hydrogens is 356 g/mol. The third-order valence-corrected chi connectivity index (χ3v) is 5.28. The van der Waals surface area contributed by atoms with Crippen molar-refractivity contribution in [1.29, 1.82) is 0 Å². The molecule has 1 amide bonds. The van der Waals surface area contributed by atoms with Gasteiger partial charge in [0.1, 0.15) is 0 Å². The Kier molecular flexibility index (Phi) is 6.08. The first-order valence-corrected chi connectivity index (χ1v) is 8.55. The van der Waals surface area contributed by atoms with Crippen LogP contribution in [0.3, 0.4) is 0 Å².